The smallest absolute Gasteiger partial charge is 0.129 e. The van der Waals surface area contributed by atoms with Gasteiger partial charge < -0.3 is 11.1 Å². The van der Waals surface area contributed by atoms with Crippen molar-refractivity contribution >= 4 is 5.82 Å². The summed E-state index contributed by atoms with van der Waals surface area (Å²) in [5.41, 5.74) is 9.95. The monoisotopic (exact) mass is 382 g/mol. The zero-order valence-corrected chi connectivity index (χ0v) is 16.6. The van der Waals surface area contributed by atoms with Crippen LogP contribution in [0.25, 0.3) is 0 Å². The molecule has 0 radical (unpaired) electrons. The Balaban J connectivity index is 2.02. The maximum Gasteiger partial charge on any atom is 0.129 e. The van der Waals surface area contributed by atoms with Crippen LogP contribution in [0.3, 0.4) is 0 Å². The van der Waals surface area contributed by atoms with Crippen LogP contribution in [0.2, 0.25) is 0 Å². The molecule has 3 aromatic carbocycles. The Morgan fingerprint density at radius 1 is 0.793 bits per heavy atom. The molecule has 0 aliphatic carbocycles. The van der Waals surface area contributed by atoms with Crippen LogP contribution in [-0.4, -0.2) is 9.78 Å². The maximum atomic E-state index is 6.06. The molecule has 1 aromatic heterocycles. The fraction of sp³-hybridized carbons (Fsp3) is 0.160. The number of aryl methyl sites for hydroxylation is 1. The van der Waals surface area contributed by atoms with Gasteiger partial charge in [-0.25, -0.2) is 4.68 Å². The van der Waals surface area contributed by atoms with Crippen LogP contribution in [0.5, 0.6) is 0 Å². The van der Waals surface area contributed by atoms with Gasteiger partial charge in [0.25, 0.3) is 0 Å². The van der Waals surface area contributed by atoms with E-state index in [1.165, 1.54) is 0 Å². The lowest BCUT2D eigenvalue weighted by Crippen LogP contribution is -2.39. The highest BCUT2D eigenvalue weighted by molar-refractivity contribution is 5.60. The number of anilines is 1. The number of rotatable bonds is 7. The highest BCUT2D eigenvalue weighted by Crippen LogP contribution is 2.40. The van der Waals surface area contributed by atoms with E-state index in [0.717, 1.165) is 34.6 Å². The van der Waals surface area contributed by atoms with Crippen molar-refractivity contribution in [1.82, 2.24) is 9.78 Å². The molecule has 0 aliphatic heterocycles. The van der Waals surface area contributed by atoms with Crippen molar-refractivity contribution in [2.45, 2.75) is 25.6 Å². The van der Waals surface area contributed by atoms with Crippen molar-refractivity contribution in [2.24, 2.45) is 5.73 Å². The molecule has 1 heterocycles. The summed E-state index contributed by atoms with van der Waals surface area (Å²) in [5.74, 6) is 0.951. The molecular formula is C25H26N4. The Kier molecular flexibility index (Phi) is 5.45. The molecule has 0 fully saturated rings. The van der Waals surface area contributed by atoms with E-state index in [9.17, 15) is 0 Å². The SMILES string of the molecule is CCn1ncc(CN)c1NC(c1ccccc1)(c1ccccc1)c1ccccc1. The third-order valence-corrected chi connectivity index (χ3v) is 5.36. The van der Waals surface area contributed by atoms with E-state index in [0.29, 0.717) is 6.54 Å². The lowest BCUT2D eigenvalue weighted by molar-refractivity contribution is 0.633. The van der Waals surface area contributed by atoms with Crippen LogP contribution in [0, 0.1) is 0 Å². The van der Waals surface area contributed by atoms with Gasteiger partial charge in [0, 0.05) is 18.7 Å². The van der Waals surface area contributed by atoms with E-state index < -0.39 is 5.54 Å². The van der Waals surface area contributed by atoms with Crippen molar-refractivity contribution in [3.05, 3.63) is 119 Å². The summed E-state index contributed by atoms with van der Waals surface area (Å²) in [6, 6.07) is 31.6. The van der Waals surface area contributed by atoms with Gasteiger partial charge in [-0.15, -0.1) is 0 Å². The highest BCUT2D eigenvalue weighted by Gasteiger charge is 2.37. The van der Waals surface area contributed by atoms with Crippen LogP contribution in [0.4, 0.5) is 5.82 Å². The number of nitrogens with zero attached hydrogens (tertiary/aromatic N) is 2. The first-order valence-electron chi connectivity index (χ1n) is 9.99. The van der Waals surface area contributed by atoms with Crippen molar-refractivity contribution in [3.63, 3.8) is 0 Å². The molecule has 0 saturated carbocycles. The molecule has 0 aliphatic rings. The fourth-order valence-electron chi connectivity index (χ4n) is 3.92. The second-order valence-electron chi connectivity index (χ2n) is 7.01. The van der Waals surface area contributed by atoms with Crippen molar-refractivity contribution in [3.8, 4) is 0 Å². The van der Waals surface area contributed by atoms with Gasteiger partial charge in [0.15, 0.2) is 0 Å². The maximum absolute atomic E-state index is 6.06. The largest absolute Gasteiger partial charge is 0.353 e. The first-order valence-corrected chi connectivity index (χ1v) is 9.99. The number of benzene rings is 3. The third-order valence-electron chi connectivity index (χ3n) is 5.36. The summed E-state index contributed by atoms with van der Waals surface area (Å²) in [7, 11) is 0. The van der Waals surface area contributed by atoms with Crippen molar-refractivity contribution in [2.75, 3.05) is 5.32 Å². The average Bonchev–Trinajstić information content (AvgIpc) is 3.20. The summed E-state index contributed by atoms with van der Waals surface area (Å²) in [5, 5.41) is 8.43. The normalized spacial score (nSPS) is 11.4. The first kappa shape index (κ1) is 19.0. The molecule has 4 nitrogen and oxygen atoms in total. The summed E-state index contributed by atoms with van der Waals surface area (Å²) in [6.07, 6.45) is 1.86. The number of hydrogen-bond acceptors (Lipinski definition) is 3. The Morgan fingerprint density at radius 3 is 1.62 bits per heavy atom. The van der Waals surface area contributed by atoms with E-state index in [1.807, 2.05) is 29.1 Å². The standard InChI is InChI=1S/C25H26N4/c1-2-29-24(20(18-26)19-27-29)28-25(21-12-6-3-7-13-21,22-14-8-4-9-15-22)23-16-10-5-11-17-23/h3-17,19,28H,2,18,26H2,1H3. The molecule has 4 aromatic rings. The minimum Gasteiger partial charge on any atom is -0.353 e. The summed E-state index contributed by atoms with van der Waals surface area (Å²) in [4.78, 5) is 0. The third kappa shape index (κ3) is 3.43. The number of hydrogen-bond donors (Lipinski definition) is 2. The van der Waals surface area contributed by atoms with Crippen LogP contribution in [-0.2, 0) is 18.6 Å². The lowest BCUT2D eigenvalue weighted by atomic mass is 9.77. The topological polar surface area (TPSA) is 55.9 Å². The highest BCUT2D eigenvalue weighted by atomic mass is 15.3. The molecule has 146 valence electrons. The molecule has 4 heteroatoms. The van der Waals surface area contributed by atoms with E-state index in [-0.39, 0.29) is 0 Å². The summed E-state index contributed by atoms with van der Waals surface area (Å²) >= 11 is 0. The van der Waals surface area contributed by atoms with Gasteiger partial charge in [0.05, 0.1) is 6.20 Å². The molecule has 0 saturated heterocycles. The van der Waals surface area contributed by atoms with Crippen LogP contribution in [0.15, 0.2) is 97.2 Å². The second-order valence-corrected chi connectivity index (χ2v) is 7.01. The fourth-order valence-corrected chi connectivity index (χ4v) is 3.92. The van der Waals surface area contributed by atoms with Gasteiger partial charge in [-0.05, 0) is 23.6 Å². The molecule has 3 N–H and O–H groups in total. The van der Waals surface area contributed by atoms with E-state index >= 15 is 0 Å². The van der Waals surface area contributed by atoms with Crippen molar-refractivity contribution < 1.29 is 0 Å². The number of aromatic nitrogens is 2. The van der Waals surface area contributed by atoms with Crippen LogP contribution >= 0.6 is 0 Å². The van der Waals surface area contributed by atoms with Gasteiger partial charge in [-0.3, -0.25) is 0 Å². The minimum atomic E-state index is -0.583. The van der Waals surface area contributed by atoms with Gasteiger partial charge in [0.1, 0.15) is 11.4 Å². The van der Waals surface area contributed by atoms with E-state index in [1.54, 1.807) is 0 Å². The molecule has 0 atom stereocenters. The Bertz CT molecular complexity index is 922. The Hall–Kier alpha value is -3.37. The average molecular weight is 383 g/mol. The zero-order valence-electron chi connectivity index (χ0n) is 16.6. The zero-order chi connectivity index (χ0) is 20.1. The Labute approximate surface area is 172 Å². The van der Waals surface area contributed by atoms with Crippen molar-refractivity contribution in [1.29, 1.82) is 0 Å². The summed E-state index contributed by atoms with van der Waals surface area (Å²) < 4.78 is 1.98. The molecule has 29 heavy (non-hydrogen) atoms. The van der Waals surface area contributed by atoms with Crippen LogP contribution in [0.1, 0.15) is 29.2 Å². The lowest BCUT2D eigenvalue weighted by Gasteiger charge is -2.38. The van der Waals surface area contributed by atoms with Gasteiger partial charge >= 0.3 is 0 Å². The molecule has 0 amide bonds. The molecule has 4 rings (SSSR count). The minimum absolute atomic E-state index is 0.427. The number of nitrogens with one attached hydrogen (secondary N) is 1. The molecular weight excluding hydrogens is 356 g/mol. The van der Waals surface area contributed by atoms with Gasteiger partial charge in [-0.1, -0.05) is 91.0 Å². The molecule has 0 bridgehead atoms. The molecule has 0 spiro atoms. The van der Waals surface area contributed by atoms with Gasteiger partial charge in [0.2, 0.25) is 0 Å². The second kappa shape index (κ2) is 8.33. The summed E-state index contributed by atoms with van der Waals surface area (Å²) in [6.45, 7) is 3.28. The quantitative estimate of drug-likeness (QED) is 0.453. The Morgan fingerprint density at radius 2 is 1.24 bits per heavy atom. The van der Waals surface area contributed by atoms with Gasteiger partial charge in [-0.2, -0.15) is 5.10 Å². The van der Waals surface area contributed by atoms with E-state index in [2.05, 4.69) is 90.1 Å². The predicted octanol–water partition coefficient (Wildman–Crippen LogP) is 4.77. The van der Waals surface area contributed by atoms with E-state index in [4.69, 9.17) is 5.73 Å². The molecule has 0 unspecified atom stereocenters. The number of nitrogens with two attached hydrogens (primary N) is 1. The predicted molar refractivity (Wildman–Crippen MR) is 119 cm³/mol. The first-order chi connectivity index (χ1) is 14.3. The van der Waals surface area contributed by atoms with Crippen LogP contribution < -0.4 is 11.1 Å².